The topological polar surface area (TPSA) is 46.2 Å². The summed E-state index contributed by atoms with van der Waals surface area (Å²) in [6.07, 6.45) is 0.841. The predicted octanol–water partition coefficient (Wildman–Crippen LogP) is 2.33. The molecular formula is C14H29NO2S. The molecule has 1 N–H and O–H groups in total. The molecule has 0 aromatic carbocycles. The van der Waals surface area contributed by atoms with E-state index in [0.717, 1.165) is 19.5 Å². The van der Waals surface area contributed by atoms with Crippen LogP contribution in [-0.2, 0) is 9.84 Å². The average molecular weight is 275 g/mol. The standard InChI is InChI=1S/C14H29NO2S/c1-11(2)8-15-9-13(14(3,4)5)12-6-7-18(16,17)10-12/h11-13,15H,6-10H2,1-5H3. The third-order valence-electron chi connectivity index (χ3n) is 3.87. The number of rotatable bonds is 5. The van der Waals surface area contributed by atoms with Crippen LogP contribution >= 0.6 is 0 Å². The van der Waals surface area contributed by atoms with Crippen molar-refractivity contribution < 1.29 is 8.42 Å². The summed E-state index contributed by atoms with van der Waals surface area (Å²) in [5.74, 6) is 2.17. The van der Waals surface area contributed by atoms with Gasteiger partial charge >= 0.3 is 0 Å². The SMILES string of the molecule is CC(C)CNCC(C1CCS(=O)(=O)C1)C(C)(C)C. The maximum Gasteiger partial charge on any atom is 0.150 e. The summed E-state index contributed by atoms with van der Waals surface area (Å²) in [5.41, 5.74) is 0.161. The second-order valence-corrected chi connectivity index (χ2v) is 9.42. The maximum absolute atomic E-state index is 11.6. The summed E-state index contributed by atoms with van der Waals surface area (Å²) < 4.78 is 23.3. The molecule has 0 aromatic heterocycles. The first-order valence-corrected chi connectivity index (χ1v) is 8.85. The van der Waals surface area contributed by atoms with Crippen molar-refractivity contribution in [1.82, 2.24) is 5.32 Å². The number of sulfone groups is 1. The molecule has 1 fully saturated rings. The van der Waals surface area contributed by atoms with Gasteiger partial charge in [-0.05, 0) is 42.7 Å². The Bertz CT molecular complexity index is 354. The van der Waals surface area contributed by atoms with Crippen molar-refractivity contribution in [3.05, 3.63) is 0 Å². The lowest BCUT2D eigenvalue weighted by Crippen LogP contribution is -2.38. The summed E-state index contributed by atoms with van der Waals surface area (Å²) in [6, 6.07) is 0. The predicted molar refractivity (Wildman–Crippen MR) is 77.4 cm³/mol. The summed E-state index contributed by atoms with van der Waals surface area (Å²) in [7, 11) is -2.77. The number of nitrogens with one attached hydrogen (secondary N) is 1. The van der Waals surface area contributed by atoms with Gasteiger partial charge in [0.1, 0.15) is 0 Å². The smallest absolute Gasteiger partial charge is 0.150 e. The zero-order valence-electron chi connectivity index (χ0n) is 12.5. The molecule has 0 aromatic rings. The largest absolute Gasteiger partial charge is 0.316 e. The zero-order valence-corrected chi connectivity index (χ0v) is 13.3. The molecule has 0 radical (unpaired) electrons. The zero-order chi connectivity index (χ0) is 14.0. The van der Waals surface area contributed by atoms with E-state index in [-0.39, 0.29) is 5.41 Å². The number of hydrogen-bond donors (Lipinski definition) is 1. The monoisotopic (exact) mass is 275 g/mol. The molecule has 1 saturated heterocycles. The highest BCUT2D eigenvalue weighted by Crippen LogP contribution is 2.37. The van der Waals surface area contributed by atoms with Crippen molar-refractivity contribution in [3.63, 3.8) is 0 Å². The molecule has 1 aliphatic heterocycles. The average Bonchev–Trinajstić information content (AvgIpc) is 2.50. The maximum atomic E-state index is 11.6. The molecule has 108 valence electrons. The molecule has 4 heteroatoms. The minimum absolute atomic E-state index is 0.161. The summed E-state index contributed by atoms with van der Waals surface area (Å²) in [4.78, 5) is 0. The van der Waals surface area contributed by atoms with Crippen molar-refractivity contribution >= 4 is 9.84 Å². The molecular weight excluding hydrogens is 246 g/mol. The van der Waals surface area contributed by atoms with Crippen molar-refractivity contribution in [3.8, 4) is 0 Å². The van der Waals surface area contributed by atoms with Crippen molar-refractivity contribution in [2.24, 2.45) is 23.2 Å². The van der Waals surface area contributed by atoms with Crippen LogP contribution in [0.25, 0.3) is 0 Å². The van der Waals surface area contributed by atoms with E-state index in [4.69, 9.17) is 0 Å². The van der Waals surface area contributed by atoms with Gasteiger partial charge in [0.15, 0.2) is 9.84 Å². The molecule has 1 aliphatic rings. The van der Waals surface area contributed by atoms with Crippen LogP contribution in [0.5, 0.6) is 0 Å². The minimum atomic E-state index is -2.77. The Kier molecular flexibility index (Phi) is 5.24. The first-order chi connectivity index (χ1) is 8.12. The highest BCUT2D eigenvalue weighted by Gasteiger charge is 2.38. The van der Waals surface area contributed by atoms with E-state index in [9.17, 15) is 8.42 Å². The fourth-order valence-electron chi connectivity index (χ4n) is 2.85. The van der Waals surface area contributed by atoms with Crippen LogP contribution < -0.4 is 5.32 Å². The Balaban J connectivity index is 2.63. The van der Waals surface area contributed by atoms with E-state index in [1.165, 1.54) is 0 Å². The Morgan fingerprint density at radius 3 is 2.22 bits per heavy atom. The lowest BCUT2D eigenvalue weighted by Gasteiger charge is -2.35. The molecule has 18 heavy (non-hydrogen) atoms. The van der Waals surface area contributed by atoms with Crippen LogP contribution in [0.3, 0.4) is 0 Å². The van der Waals surface area contributed by atoms with E-state index in [1.54, 1.807) is 0 Å². The van der Waals surface area contributed by atoms with Gasteiger partial charge in [-0.25, -0.2) is 8.42 Å². The Labute approximate surface area is 113 Å². The van der Waals surface area contributed by atoms with E-state index < -0.39 is 9.84 Å². The Hall–Kier alpha value is -0.0900. The van der Waals surface area contributed by atoms with E-state index in [0.29, 0.717) is 29.3 Å². The normalized spacial score (nSPS) is 25.6. The lowest BCUT2D eigenvalue weighted by molar-refractivity contribution is 0.165. The molecule has 0 spiro atoms. The molecule has 1 rings (SSSR count). The quantitative estimate of drug-likeness (QED) is 0.837. The second kappa shape index (κ2) is 5.91. The molecule has 2 atom stereocenters. The van der Waals surface area contributed by atoms with Crippen molar-refractivity contribution in [2.45, 2.75) is 41.0 Å². The molecule has 2 unspecified atom stereocenters. The van der Waals surface area contributed by atoms with Crippen LogP contribution in [0, 0.1) is 23.2 Å². The molecule has 3 nitrogen and oxygen atoms in total. The van der Waals surface area contributed by atoms with Gasteiger partial charge in [0.2, 0.25) is 0 Å². The second-order valence-electron chi connectivity index (χ2n) is 7.19. The Morgan fingerprint density at radius 1 is 1.22 bits per heavy atom. The van der Waals surface area contributed by atoms with Gasteiger partial charge in [-0.3, -0.25) is 0 Å². The van der Waals surface area contributed by atoms with Gasteiger partial charge in [-0.2, -0.15) is 0 Å². The van der Waals surface area contributed by atoms with Gasteiger partial charge in [0.25, 0.3) is 0 Å². The summed E-state index contributed by atoms with van der Waals surface area (Å²) >= 11 is 0. The van der Waals surface area contributed by atoms with Crippen molar-refractivity contribution in [2.75, 3.05) is 24.6 Å². The van der Waals surface area contributed by atoms with Gasteiger partial charge in [0.05, 0.1) is 11.5 Å². The molecule has 1 heterocycles. The fourth-order valence-corrected chi connectivity index (χ4v) is 4.73. The van der Waals surface area contributed by atoms with Crippen molar-refractivity contribution in [1.29, 1.82) is 0 Å². The van der Waals surface area contributed by atoms with E-state index >= 15 is 0 Å². The first kappa shape index (κ1) is 16.0. The van der Waals surface area contributed by atoms with Crippen LogP contribution in [-0.4, -0.2) is 33.0 Å². The fraction of sp³-hybridized carbons (Fsp3) is 1.00. The van der Waals surface area contributed by atoms with Crippen LogP contribution in [0.2, 0.25) is 0 Å². The Morgan fingerprint density at radius 2 is 1.83 bits per heavy atom. The van der Waals surface area contributed by atoms with Gasteiger partial charge < -0.3 is 5.32 Å². The molecule has 0 aliphatic carbocycles. The van der Waals surface area contributed by atoms with E-state index in [1.807, 2.05) is 0 Å². The highest BCUT2D eigenvalue weighted by atomic mass is 32.2. The van der Waals surface area contributed by atoms with Gasteiger partial charge in [0, 0.05) is 0 Å². The lowest BCUT2D eigenvalue weighted by atomic mass is 9.73. The van der Waals surface area contributed by atoms with Crippen LogP contribution in [0.4, 0.5) is 0 Å². The van der Waals surface area contributed by atoms with Crippen LogP contribution in [0.15, 0.2) is 0 Å². The third-order valence-corrected chi connectivity index (χ3v) is 5.66. The summed E-state index contributed by atoms with van der Waals surface area (Å²) in [6.45, 7) is 13.0. The molecule has 0 bridgehead atoms. The van der Waals surface area contributed by atoms with Gasteiger partial charge in [-0.15, -0.1) is 0 Å². The highest BCUT2D eigenvalue weighted by molar-refractivity contribution is 7.91. The number of hydrogen-bond acceptors (Lipinski definition) is 3. The summed E-state index contributed by atoms with van der Waals surface area (Å²) in [5, 5.41) is 3.50. The van der Waals surface area contributed by atoms with E-state index in [2.05, 4.69) is 39.9 Å². The van der Waals surface area contributed by atoms with Crippen LogP contribution in [0.1, 0.15) is 41.0 Å². The molecule has 0 amide bonds. The minimum Gasteiger partial charge on any atom is -0.316 e. The third kappa shape index (κ3) is 4.88. The van der Waals surface area contributed by atoms with Gasteiger partial charge in [-0.1, -0.05) is 34.6 Å². The molecule has 0 saturated carbocycles. The first-order valence-electron chi connectivity index (χ1n) is 7.03.